The summed E-state index contributed by atoms with van der Waals surface area (Å²) < 4.78 is 0. The summed E-state index contributed by atoms with van der Waals surface area (Å²) in [5.41, 5.74) is -2.42. The summed E-state index contributed by atoms with van der Waals surface area (Å²) in [6, 6.07) is 0. The average molecular weight is 241 g/mol. The summed E-state index contributed by atoms with van der Waals surface area (Å²) in [5.74, 6) is 6.18. The average Bonchev–Trinajstić information content (AvgIpc) is 2.40. The molecule has 0 heterocycles. The molecule has 6 nitrogen and oxygen atoms in total. The monoisotopic (exact) mass is 241 g/mol. The Morgan fingerprint density at radius 2 is 1.56 bits per heavy atom. The maximum atomic E-state index is 10.7. The molecule has 0 saturated carbocycles. The minimum atomic E-state index is -0.689. The van der Waals surface area contributed by atoms with Gasteiger partial charge in [-0.2, -0.15) is 0 Å². The Bertz CT molecular complexity index is 647. The second-order valence-electron chi connectivity index (χ2n) is 2.63. The van der Waals surface area contributed by atoms with Crippen LogP contribution < -0.4 is 0 Å². The van der Waals surface area contributed by atoms with Crippen LogP contribution in [0.5, 0.6) is 0 Å². The lowest BCUT2D eigenvalue weighted by Crippen LogP contribution is -2.02. The number of hydrogen-bond donors (Lipinski definition) is 0. The van der Waals surface area contributed by atoms with E-state index >= 15 is 0 Å². The third-order valence-corrected chi connectivity index (χ3v) is 1.70. The predicted molar refractivity (Wildman–Crippen MR) is 58.6 cm³/mol. The van der Waals surface area contributed by atoms with Gasteiger partial charge >= 0.3 is 0 Å². The van der Waals surface area contributed by atoms with Crippen molar-refractivity contribution in [3.05, 3.63) is 39.8 Å². The minimum absolute atomic E-state index is 0.467. The van der Waals surface area contributed by atoms with Crippen LogP contribution in [-0.4, -0.2) is 36.3 Å². The smallest absolute Gasteiger partial charge is 0.251 e. The van der Waals surface area contributed by atoms with Crippen LogP contribution in [0, 0.1) is 6.57 Å². The predicted octanol–water partition coefficient (Wildman–Crippen LogP) is -0.675. The van der Waals surface area contributed by atoms with Crippen molar-refractivity contribution in [2.75, 3.05) is 6.54 Å². The van der Waals surface area contributed by atoms with Crippen molar-refractivity contribution in [1.29, 1.82) is 0 Å². The molecule has 0 spiro atoms. The van der Waals surface area contributed by atoms with E-state index in [-0.39, 0.29) is 0 Å². The van der Waals surface area contributed by atoms with E-state index in [4.69, 9.17) is 6.57 Å². The fraction of sp³-hybridized carbons (Fsp3) is 0.0833. The molecule has 0 rings (SSSR count). The number of hydrogen-bond acceptors (Lipinski definition) is 5. The molecule has 0 amide bonds. The summed E-state index contributed by atoms with van der Waals surface area (Å²) in [5, 5.41) is 0. The van der Waals surface area contributed by atoms with Crippen LogP contribution in [0.4, 0.5) is 0 Å². The van der Waals surface area contributed by atoms with Crippen molar-refractivity contribution in [3.63, 3.8) is 0 Å². The molecule has 0 bridgehead atoms. The molecule has 0 aromatic heterocycles. The molecule has 0 fully saturated rings. The van der Waals surface area contributed by atoms with Gasteiger partial charge in [-0.3, -0.25) is 0 Å². The summed E-state index contributed by atoms with van der Waals surface area (Å²) in [4.78, 5) is 55.3. The number of allylic oxidation sites excluding steroid dienone is 3. The molecule has 0 radical (unpaired) electrons. The van der Waals surface area contributed by atoms with E-state index in [9.17, 15) is 24.0 Å². The maximum absolute atomic E-state index is 10.7. The maximum Gasteiger partial charge on any atom is 0.251 e. The molecule has 0 unspecified atom stereocenters. The standard InChI is InChI=1S/C12H3NO5/c1-13-4-10(6-16)12(8-18)11(7-17)9(5-15)2-3-14/h2H,4H2. The Morgan fingerprint density at radius 3 is 1.89 bits per heavy atom. The van der Waals surface area contributed by atoms with Gasteiger partial charge in [-0.05, 0) is 0 Å². The van der Waals surface area contributed by atoms with Crippen molar-refractivity contribution in [2.24, 2.45) is 0 Å². The quantitative estimate of drug-likeness (QED) is 0.361. The van der Waals surface area contributed by atoms with Crippen LogP contribution in [0.25, 0.3) is 4.85 Å². The first kappa shape index (κ1) is 14.7. The molecule has 0 aliphatic carbocycles. The molecular formula is C12H3NO5. The van der Waals surface area contributed by atoms with E-state index in [1.165, 1.54) is 29.7 Å². The normalized spacial score (nSPS) is 7.06. The third kappa shape index (κ3) is 3.40. The van der Waals surface area contributed by atoms with Crippen LogP contribution in [0.2, 0.25) is 0 Å². The van der Waals surface area contributed by atoms with E-state index in [1.54, 1.807) is 0 Å². The van der Waals surface area contributed by atoms with Gasteiger partial charge < -0.3 is 4.85 Å². The summed E-state index contributed by atoms with van der Waals surface area (Å²) in [7, 11) is 0. The Balaban J connectivity index is 6.01. The van der Waals surface area contributed by atoms with Crippen molar-refractivity contribution < 1.29 is 24.0 Å². The van der Waals surface area contributed by atoms with Crippen molar-refractivity contribution in [3.8, 4) is 0 Å². The highest BCUT2D eigenvalue weighted by Crippen LogP contribution is 2.19. The van der Waals surface area contributed by atoms with E-state index in [0.717, 1.165) is 0 Å². The Labute approximate surface area is 101 Å². The molecule has 0 aromatic rings. The van der Waals surface area contributed by atoms with Gasteiger partial charge in [0, 0.05) is 6.08 Å². The van der Waals surface area contributed by atoms with Gasteiger partial charge in [0.1, 0.15) is 35.3 Å². The Morgan fingerprint density at radius 1 is 0.944 bits per heavy atom. The SMILES string of the molecule is [C-]#[N+]CC(=C=O)C(=C=O)C(=C=O)C(=C=O)C=C=O. The third-order valence-electron chi connectivity index (χ3n) is 1.70. The lowest BCUT2D eigenvalue weighted by molar-refractivity contribution is 0.561. The second-order valence-corrected chi connectivity index (χ2v) is 2.63. The fourth-order valence-electron chi connectivity index (χ4n) is 0.957. The number of rotatable bonds is 5. The molecule has 0 atom stereocenters. The summed E-state index contributed by atoms with van der Waals surface area (Å²) in [6.45, 7) is 6.02. The second kappa shape index (κ2) is 7.96. The van der Waals surface area contributed by atoms with E-state index in [0.29, 0.717) is 6.08 Å². The molecule has 0 N–H and O–H groups in total. The highest BCUT2D eigenvalue weighted by molar-refractivity contribution is 5.91. The van der Waals surface area contributed by atoms with Crippen molar-refractivity contribution in [2.45, 2.75) is 0 Å². The first-order valence-corrected chi connectivity index (χ1v) is 4.24. The highest BCUT2D eigenvalue weighted by Gasteiger charge is 2.20. The summed E-state index contributed by atoms with van der Waals surface area (Å²) >= 11 is 0. The zero-order chi connectivity index (χ0) is 14.0. The molecule has 18 heavy (non-hydrogen) atoms. The first-order valence-electron chi connectivity index (χ1n) is 4.24. The van der Waals surface area contributed by atoms with Crippen LogP contribution in [-0.2, 0) is 24.0 Å². The zero-order valence-electron chi connectivity index (χ0n) is 8.77. The minimum Gasteiger partial charge on any atom is -0.311 e. The Kier molecular flexibility index (Phi) is 6.52. The highest BCUT2D eigenvalue weighted by atomic mass is 16.1. The van der Waals surface area contributed by atoms with Crippen LogP contribution in [0.15, 0.2) is 28.4 Å². The van der Waals surface area contributed by atoms with Crippen LogP contribution in [0.3, 0.4) is 0 Å². The number of carbonyl (C=O) groups excluding carboxylic acids is 5. The molecule has 0 aliphatic rings. The van der Waals surface area contributed by atoms with Gasteiger partial charge in [-0.15, -0.1) is 0 Å². The van der Waals surface area contributed by atoms with Gasteiger partial charge in [0.2, 0.25) is 0 Å². The van der Waals surface area contributed by atoms with Gasteiger partial charge in [0.05, 0.1) is 16.7 Å². The zero-order valence-corrected chi connectivity index (χ0v) is 8.77. The topological polar surface area (TPSA) is 89.7 Å². The van der Waals surface area contributed by atoms with Crippen LogP contribution in [0.1, 0.15) is 0 Å². The molecular weight excluding hydrogens is 238 g/mol. The van der Waals surface area contributed by atoms with E-state index in [1.807, 2.05) is 0 Å². The molecule has 0 aliphatic heterocycles. The molecule has 6 heteroatoms. The van der Waals surface area contributed by atoms with Crippen molar-refractivity contribution in [1.82, 2.24) is 0 Å². The van der Waals surface area contributed by atoms with E-state index in [2.05, 4.69) is 4.85 Å². The fourth-order valence-corrected chi connectivity index (χ4v) is 0.957. The van der Waals surface area contributed by atoms with Crippen LogP contribution >= 0.6 is 0 Å². The van der Waals surface area contributed by atoms with Gasteiger partial charge in [0.25, 0.3) is 6.54 Å². The molecule has 86 valence electrons. The largest absolute Gasteiger partial charge is 0.311 e. The van der Waals surface area contributed by atoms with Gasteiger partial charge in [-0.1, -0.05) is 0 Å². The number of nitrogens with zero attached hydrogens (tertiary/aromatic N) is 1. The lowest BCUT2D eigenvalue weighted by Gasteiger charge is -1.99. The van der Waals surface area contributed by atoms with Gasteiger partial charge in [0.15, 0.2) is 0 Å². The molecule has 0 aromatic carbocycles. The van der Waals surface area contributed by atoms with E-state index < -0.39 is 28.8 Å². The summed E-state index contributed by atoms with van der Waals surface area (Å²) in [6.07, 6.45) is 0.546. The first-order chi connectivity index (χ1) is 8.69. The van der Waals surface area contributed by atoms with Crippen molar-refractivity contribution >= 4 is 29.7 Å². The lowest BCUT2D eigenvalue weighted by atomic mass is 9.96. The molecule has 0 saturated heterocycles. The Hall–Kier alpha value is -3.26. The van der Waals surface area contributed by atoms with Gasteiger partial charge in [-0.25, -0.2) is 30.5 Å².